The molecule has 124 valence electrons. The number of nitrogens with one attached hydrogen (secondary N) is 2. The van der Waals surface area contributed by atoms with Gasteiger partial charge < -0.3 is 24.8 Å². The molecule has 3 aliphatic heterocycles. The summed E-state index contributed by atoms with van der Waals surface area (Å²) in [4.78, 5) is 24.5. The van der Waals surface area contributed by atoms with Gasteiger partial charge in [-0.25, -0.2) is 0 Å². The molecule has 0 saturated carbocycles. The van der Waals surface area contributed by atoms with Crippen molar-refractivity contribution in [2.45, 2.75) is 24.9 Å². The highest BCUT2D eigenvalue weighted by atomic mass is 16.5. The Hall–Kier alpha value is -2.44. The van der Waals surface area contributed by atoms with E-state index in [2.05, 4.69) is 10.6 Å². The molecule has 0 unspecified atom stereocenters. The Morgan fingerprint density at radius 2 is 1.61 bits per heavy atom. The Kier molecular flexibility index (Phi) is 3.58. The van der Waals surface area contributed by atoms with Crippen LogP contribution in [0.2, 0.25) is 0 Å². The molecule has 0 radical (unpaired) electrons. The number of hydrogen-bond acceptors (Lipinski definition) is 5. The van der Waals surface area contributed by atoms with Crippen LogP contribution in [0.1, 0.15) is 24.8 Å². The second kappa shape index (κ2) is 5.33. The van der Waals surface area contributed by atoms with Crippen LogP contribution < -0.4 is 24.8 Å². The Labute approximate surface area is 134 Å². The van der Waals surface area contributed by atoms with Crippen LogP contribution in [0.15, 0.2) is 12.1 Å². The van der Waals surface area contributed by atoms with E-state index in [1.807, 2.05) is 6.07 Å². The molecular weight excluding hydrogens is 300 g/mol. The fourth-order valence-electron chi connectivity index (χ4n) is 3.58. The summed E-state index contributed by atoms with van der Waals surface area (Å²) in [5.74, 6) is -0.0857. The molecule has 1 atom stereocenters. The summed E-state index contributed by atoms with van der Waals surface area (Å²) in [5.41, 5.74) is 0.0252. The summed E-state index contributed by atoms with van der Waals surface area (Å²) in [6.45, 7) is 1.80. The lowest BCUT2D eigenvalue weighted by atomic mass is 9.72. The molecule has 7 heteroatoms. The first-order valence-electron chi connectivity index (χ1n) is 7.37. The zero-order valence-electron chi connectivity index (χ0n) is 13.6. The number of ether oxygens (including phenoxy) is 3. The molecule has 3 saturated heterocycles. The minimum atomic E-state index is -0.774. The van der Waals surface area contributed by atoms with Gasteiger partial charge >= 0.3 is 0 Å². The summed E-state index contributed by atoms with van der Waals surface area (Å²) in [5, 5.41) is 5.69. The van der Waals surface area contributed by atoms with Crippen molar-refractivity contribution in [3.8, 4) is 17.2 Å². The predicted octanol–water partition coefficient (Wildman–Crippen LogP) is 0.778. The lowest BCUT2D eigenvalue weighted by Gasteiger charge is -2.48. The Bertz CT molecular complexity index is 655. The molecule has 3 aliphatic rings. The third-order valence-corrected chi connectivity index (χ3v) is 4.53. The smallest absolute Gasteiger partial charge is 0.235 e. The van der Waals surface area contributed by atoms with Crippen molar-refractivity contribution in [2.24, 2.45) is 5.92 Å². The number of piperidine rings is 2. The van der Waals surface area contributed by atoms with E-state index >= 15 is 0 Å². The number of carbonyl (C=O) groups excluding carboxylic acids is 2. The molecule has 1 aromatic rings. The van der Waals surface area contributed by atoms with Crippen LogP contribution in [-0.4, -0.2) is 38.8 Å². The molecule has 0 aromatic heterocycles. The van der Waals surface area contributed by atoms with Gasteiger partial charge in [-0.2, -0.15) is 0 Å². The van der Waals surface area contributed by atoms with Gasteiger partial charge in [0.2, 0.25) is 17.6 Å². The molecule has 2 bridgehead atoms. The van der Waals surface area contributed by atoms with Crippen molar-refractivity contribution in [1.29, 1.82) is 0 Å². The van der Waals surface area contributed by atoms with Crippen molar-refractivity contribution in [3.05, 3.63) is 17.7 Å². The minimum absolute atomic E-state index is 0.260. The van der Waals surface area contributed by atoms with Crippen LogP contribution in [0.5, 0.6) is 17.2 Å². The maximum absolute atomic E-state index is 12.3. The summed E-state index contributed by atoms with van der Waals surface area (Å²) >= 11 is 0. The second-order valence-corrected chi connectivity index (χ2v) is 6.02. The molecule has 1 aromatic carbocycles. The predicted molar refractivity (Wildman–Crippen MR) is 81.6 cm³/mol. The third-order valence-electron chi connectivity index (χ3n) is 4.53. The maximum atomic E-state index is 12.3. The van der Waals surface area contributed by atoms with E-state index in [0.717, 1.165) is 5.56 Å². The lowest BCUT2D eigenvalue weighted by Crippen LogP contribution is -2.72. The van der Waals surface area contributed by atoms with Gasteiger partial charge in [-0.1, -0.05) is 6.07 Å². The van der Waals surface area contributed by atoms with Gasteiger partial charge in [0.25, 0.3) is 0 Å². The Morgan fingerprint density at radius 1 is 1.00 bits per heavy atom. The molecule has 3 fully saturated rings. The highest BCUT2D eigenvalue weighted by Crippen LogP contribution is 2.48. The van der Waals surface area contributed by atoms with Crippen LogP contribution in [0.4, 0.5) is 0 Å². The van der Waals surface area contributed by atoms with Crippen molar-refractivity contribution in [3.63, 3.8) is 0 Å². The van der Waals surface area contributed by atoms with Crippen molar-refractivity contribution in [2.75, 3.05) is 21.3 Å². The topological polar surface area (TPSA) is 85.9 Å². The molecule has 4 rings (SSSR count). The summed E-state index contributed by atoms with van der Waals surface area (Å²) in [7, 11) is 4.60. The average molecular weight is 320 g/mol. The molecular formula is C16H20N2O5. The summed E-state index contributed by atoms with van der Waals surface area (Å²) in [6, 6.07) is 3.59. The van der Waals surface area contributed by atoms with Gasteiger partial charge in [0.15, 0.2) is 11.5 Å². The number of carbonyl (C=O) groups is 2. The highest BCUT2D eigenvalue weighted by molar-refractivity contribution is 6.05. The molecule has 7 nitrogen and oxygen atoms in total. The first-order valence-corrected chi connectivity index (χ1v) is 7.37. The highest BCUT2D eigenvalue weighted by Gasteiger charge is 2.53. The van der Waals surface area contributed by atoms with Crippen LogP contribution in [0.3, 0.4) is 0 Å². The molecule has 3 heterocycles. The fraction of sp³-hybridized carbons (Fsp3) is 0.500. The van der Waals surface area contributed by atoms with Gasteiger partial charge in [0, 0.05) is 11.5 Å². The van der Waals surface area contributed by atoms with Crippen LogP contribution >= 0.6 is 0 Å². The maximum Gasteiger partial charge on any atom is 0.235 e. The van der Waals surface area contributed by atoms with E-state index in [9.17, 15) is 9.59 Å². The standard InChI is InChI=1S/C16H20N2O5/c1-16-7-9(11(14(19)17-16)15(20)18-16)8-5-6-10(21-2)13(23-4)12(8)22-3/h5-6,9,11H,7H2,1-4H3,(H,17,19)(H,18,20)/t9-,11?,16?/m0/s1. The number of hydrogen-bond donors (Lipinski definition) is 2. The number of amides is 2. The first-order chi connectivity index (χ1) is 10.9. The van der Waals surface area contributed by atoms with E-state index in [0.29, 0.717) is 23.7 Å². The van der Waals surface area contributed by atoms with E-state index in [4.69, 9.17) is 14.2 Å². The van der Waals surface area contributed by atoms with Crippen molar-refractivity contribution >= 4 is 11.8 Å². The van der Waals surface area contributed by atoms with E-state index in [1.165, 1.54) is 14.2 Å². The van der Waals surface area contributed by atoms with Gasteiger partial charge in [0.05, 0.1) is 21.3 Å². The second-order valence-electron chi connectivity index (χ2n) is 6.02. The molecule has 0 spiro atoms. The van der Waals surface area contributed by atoms with Crippen LogP contribution in [0.25, 0.3) is 0 Å². The van der Waals surface area contributed by atoms with Crippen LogP contribution in [0, 0.1) is 5.92 Å². The molecule has 23 heavy (non-hydrogen) atoms. The zero-order valence-corrected chi connectivity index (χ0v) is 13.6. The monoisotopic (exact) mass is 320 g/mol. The zero-order chi connectivity index (χ0) is 16.8. The number of benzene rings is 1. The number of fused-ring (bicyclic) bond motifs is 3. The summed E-state index contributed by atoms with van der Waals surface area (Å²) < 4.78 is 16.2. The van der Waals surface area contributed by atoms with Gasteiger partial charge in [-0.05, 0) is 19.4 Å². The largest absolute Gasteiger partial charge is 0.493 e. The Balaban J connectivity index is 2.12. The minimum Gasteiger partial charge on any atom is -0.493 e. The SMILES string of the molecule is COc1ccc([C@@H]2CC3(C)NC(=O)C2C(=O)N3)c(OC)c1OC. The molecule has 2 N–H and O–H groups in total. The van der Waals surface area contributed by atoms with Gasteiger partial charge in [0.1, 0.15) is 11.6 Å². The first kappa shape index (κ1) is 15.5. The van der Waals surface area contributed by atoms with Crippen molar-refractivity contribution in [1.82, 2.24) is 10.6 Å². The lowest BCUT2D eigenvalue weighted by molar-refractivity contribution is -0.149. The normalized spacial score (nSPS) is 28.9. The van der Waals surface area contributed by atoms with E-state index < -0.39 is 11.6 Å². The van der Waals surface area contributed by atoms with Gasteiger partial charge in [-0.3, -0.25) is 9.59 Å². The quantitative estimate of drug-likeness (QED) is 0.801. The number of rotatable bonds is 4. The summed E-state index contributed by atoms with van der Waals surface area (Å²) in [6.07, 6.45) is 0.584. The average Bonchev–Trinajstić information content (AvgIpc) is 2.51. The number of methoxy groups -OCH3 is 3. The third kappa shape index (κ3) is 2.27. The molecule has 0 aliphatic carbocycles. The van der Waals surface area contributed by atoms with E-state index in [1.54, 1.807) is 20.1 Å². The fourth-order valence-corrected chi connectivity index (χ4v) is 3.58. The van der Waals surface area contributed by atoms with Gasteiger partial charge in [-0.15, -0.1) is 0 Å². The van der Waals surface area contributed by atoms with Crippen molar-refractivity contribution < 1.29 is 23.8 Å². The van der Waals surface area contributed by atoms with E-state index in [-0.39, 0.29) is 17.7 Å². The van der Waals surface area contributed by atoms with Crippen LogP contribution in [-0.2, 0) is 9.59 Å². The Morgan fingerprint density at radius 3 is 2.09 bits per heavy atom. The molecule has 2 amide bonds.